The molecule has 31 heavy (non-hydrogen) atoms. The molecule has 0 spiro atoms. The van der Waals surface area contributed by atoms with Gasteiger partial charge in [-0.05, 0) is 42.8 Å². The third-order valence-corrected chi connectivity index (χ3v) is 5.89. The molecule has 3 aromatic rings. The van der Waals surface area contributed by atoms with Gasteiger partial charge in [0.1, 0.15) is 5.75 Å². The molecule has 0 bridgehead atoms. The normalized spacial score (nSPS) is 11.9. The lowest BCUT2D eigenvalue weighted by molar-refractivity contribution is 0.308. The summed E-state index contributed by atoms with van der Waals surface area (Å²) >= 11 is 0. The second kappa shape index (κ2) is 11.0. The monoisotopic (exact) mass is 440 g/mol. The van der Waals surface area contributed by atoms with E-state index in [1.165, 1.54) is 56.4 Å². The van der Waals surface area contributed by atoms with Crippen molar-refractivity contribution in [1.82, 2.24) is 0 Å². The van der Waals surface area contributed by atoms with Crippen LogP contribution < -0.4 is 4.74 Å². The lowest BCUT2D eigenvalue weighted by atomic mass is 10.1. The minimum Gasteiger partial charge on any atom is -0.493 e. The Hall–Kier alpha value is -2.77. The van der Waals surface area contributed by atoms with Gasteiger partial charge in [0.15, 0.2) is 0 Å². The molecule has 0 aliphatic heterocycles. The summed E-state index contributed by atoms with van der Waals surface area (Å²) in [7, 11) is -4.22. The number of fused-ring (bicyclic) bond motifs is 1. The van der Waals surface area contributed by atoms with Crippen molar-refractivity contribution < 1.29 is 17.7 Å². The molecule has 6 nitrogen and oxygen atoms in total. The minimum atomic E-state index is -4.22. The maximum Gasteiger partial charge on any atom is 0.294 e. The summed E-state index contributed by atoms with van der Waals surface area (Å²) in [6, 6.07) is 17.2. The summed E-state index contributed by atoms with van der Waals surface area (Å²) in [6.45, 7) is 2.91. The predicted octanol–water partition coefficient (Wildman–Crippen LogP) is 7.24. The van der Waals surface area contributed by atoms with Gasteiger partial charge in [-0.1, -0.05) is 63.3 Å². The number of nitrogens with zero attached hydrogens (tertiary/aromatic N) is 2. The molecule has 7 heteroatoms. The molecule has 0 aliphatic carbocycles. The van der Waals surface area contributed by atoms with Crippen LogP contribution in [0.1, 0.15) is 45.4 Å². The Bertz CT molecular complexity index is 1130. The molecular weight excluding hydrogens is 412 g/mol. The molecule has 3 rings (SSSR count). The molecule has 164 valence electrons. The van der Waals surface area contributed by atoms with Crippen molar-refractivity contribution in [2.75, 3.05) is 6.61 Å². The molecule has 0 aromatic heterocycles. The molecule has 0 atom stereocenters. The van der Waals surface area contributed by atoms with Gasteiger partial charge in [-0.3, -0.25) is 4.55 Å². The van der Waals surface area contributed by atoms with Gasteiger partial charge in [0.05, 0.1) is 22.9 Å². The molecule has 0 amide bonds. The van der Waals surface area contributed by atoms with Crippen molar-refractivity contribution >= 4 is 32.3 Å². The summed E-state index contributed by atoms with van der Waals surface area (Å²) < 4.78 is 37.4. The smallest absolute Gasteiger partial charge is 0.294 e. The SMILES string of the molecule is CCCCCCCCOc1ccc(N=Nc2ccc(S(=O)(=O)O)cc2)c2ccccc12. The van der Waals surface area contributed by atoms with E-state index in [1.54, 1.807) is 0 Å². The Morgan fingerprint density at radius 3 is 2.19 bits per heavy atom. The largest absolute Gasteiger partial charge is 0.493 e. The second-order valence-electron chi connectivity index (χ2n) is 7.41. The summed E-state index contributed by atoms with van der Waals surface area (Å²) in [5, 5.41) is 10.4. The number of unbranched alkanes of at least 4 members (excludes halogenated alkanes) is 5. The highest BCUT2D eigenvalue weighted by Crippen LogP contribution is 2.34. The van der Waals surface area contributed by atoms with Crippen molar-refractivity contribution in [3.8, 4) is 5.75 Å². The fraction of sp³-hybridized carbons (Fsp3) is 0.333. The van der Waals surface area contributed by atoms with Crippen LogP contribution in [-0.2, 0) is 10.1 Å². The van der Waals surface area contributed by atoms with Gasteiger partial charge in [0, 0.05) is 10.8 Å². The van der Waals surface area contributed by atoms with Crippen LogP contribution in [0, 0.1) is 0 Å². The van der Waals surface area contributed by atoms with Crippen LogP contribution >= 0.6 is 0 Å². The first-order valence-corrected chi connectivity index (χ1v) is 12.1. The van der Waals surface area contributed by atoms with Crippen LogP contribution in [0.2, 0.25) is 0 Å². The van der Waals surface area contributed by atoms with E-state index in [2.05, 4.69) is 17.2 Å². The maximum absolute atomic E-state index is 11.1. The van der Waals surface area contributed by atoms with Crippen molar-refractivity contribution in [3.63, 3.8) is 0 Å². The Morgan fingerprint density at radius 1 is 0.806 bits per heavy atom. The van der Waals surface area contributed by atoms with Crippen LogP contribution in [0.15, 0.2) is 75.8 Å². The first-order valence-electron chi connectivity index (χ1n) is 10.6. The third kappa shape index (κ3) is 6.60. The number of azo groups is 1. The van der Waals surface area contributed by atoms with E-state index in [0.717, 1.165) is 22.9 Å². The van der Waals surface area contributed by atoms with Crippen molar-refractivity contribution in [2.24, 2.45) is 10.2 Å². The highest BCUT2D eigenvalue weighted by Gasteiger charge is 2.09. The van der Waals surface area contributed by atoms with E-state index in [1.807, 2.05) is 36.4 Å². The third-order valence-electron chi connectivity index (χ3n) is 5.02. The molecule has 0 unspecified atom stereocenters. The van der Waals surface area contributed by atoms with E-state index >= 15 is 0 Å². The van der Waals surface area contributed by atoms with Crippen LogP contribution in [0.25, 0.3) is 10.8 Å². The lowest BCUT2D eigenvalue weighted by Gasteiger charge is -2.10. The minimum absolute atomic E-state index is 0.177. The topological polar surface area (TPSA) is 88.3 Å². The Labute approximate surface area is 183 Å². The Balaban J connectivity index is 1.70. The Morgan fingerprint density at radius 2 is 1.48 bits per heavy atom. The van der Waals surface area contributed by atoms with E-state index < -0.39 is 10.1 Å². The summed E-state index contributed by atoms with van der Waals surface area (Å²) in [4.78, 5) is -0.177. The van der Waals surface area contributed by atoms with Gasteiger partial charge < -0.3 is 4.74 Å². The van der Waals surface area contributed by atoms with E-state index in [-0.39, 0.29) is 4.90 Å². The number of hydrogen-bond acceptors (Lipinski definition) is 5. The molecule has 0 fully saturated rings. The molecule has 1 N–H and O–H groups in total. The van der Waals surface area contributed by atoms with Crippen LogP contribution in [0.3, 0.4) is 0 Å². The fourth-order valence-electron chi connectivity index (χ4n) is 3.33. The van der Waals surface area contributed by atoms with Crippen LogP contribution in [0.4, 0.5) is 11.4 Å². The number of benzene rings is 3. The fourth-order valence-corrected chi connectivity index (χ4v) is 3.81. The van der Waals surface area contributed by atoms with E-state index in [4.69, 9.17) is 9.29 Å². The highest BCUT2D eigenvalue weighted by molar-refractivity contribution is 7.85. The van der Waals surface area contributed by atoms with Crippen molar-refractivity contribution in [2.45, 2.75) is 50.3 Å². The molecule has 0 saturated heterocycles. The van der Waals surface area contributed by atoms with E-state index in [0.29, 0.717) is 18.0 Å². The van der Waals surface area contributed by atoms with Gasteiger partial charge in [0.25, 0.3) is 10.1 Å². The predicted molar refractivity (Wildman–Crippen MR) is 123 cm³/mol. The highest BCUT2D eigenvalue weighted by atomic mass is 32.2. The van der Waals surface area contributed by atoms with Gasteiger partial charge in [0.2, 0.25) is 0 Å². The van der Waals surface area contributed by atoms with Gasteiger partial charge in [-0.15, -0.1) is 5.11 Å². The van der Waals surface area contributed by atoms with E-state index in [9.17, 15) is 8.42 Å². The zero-order valence-corrected chi connectivity index (χ0v) is 18.5. The molecule has 0 heterocycles. The second-order valence-corrected chi connectivity index (χ2v) is 8.84. The van der Waals surface area contributed by atoms with Crippen molar-refractivity contribution in [1.29, 1.82) is 0 Å². The number of rotatable bonds is 11. The van der Waals surface area contributed by atoms with Gasteiger partial charge >= 0.3 is 0 Å². The molecular formula is C24H28N2O4S. The summed E-state index contributed by atoms with van der Waals surface area (Å²) in [5.74, 6) is 0.834. The summed E-state index contributed by atoms with van der Waals surface area (Å²) in [6.07, 6.45) is 7.31. The first kappa shape index (κ1) is 22.9. The quantitative estimate of drug-likeness (QED) is 0.193. The molecule has 0 aliphatic rings. The molecule has 0 radical (unpaired) electrons. The van der Waals surface area contributed by atoms with Crippen LogP contribution in [0.5, 0.6) is 5.75 Å². The molecule has 3 aromatic carbocycles. The Kier molecular flexibility index (Phi) is 8.14. The van der Waals surface area contributed by atoms with Gasteiger partial charge in [-0.25, -0.2) is 0 Å². The number of ether oxygens (including phenoxy) is 1. The molecule has 0 saturated carbocycles. The summed E-state index contributed by atoms with van der Waals surface area (Å²) in [5.41, 5.74) is 1.18. The number of hydrogen-bond donors (Lipinski definition) is 1. The average Bonchev–Trinajstić information content (AvgIpc) is 2.77. The zero-order valence-electron chi connectivity index (χ0n) is 17.7. The van der Waals surface area contributed by atoms with Gasteiger partial charge in [-0.2, -0.15) is 13.5 Å². The van der Waals surface area contributed by atoms with Crippen LogP contribution in [-0.4, -0.2) is 19.6 Å². The average molecular weight is 441 g/mol. The first-order chi connectivity index (χ1) is 15.0. The standard InChI is InChI=1S/C24H28N2O4S/c1-2-3-4-5-6-9-18-30-24-17-16-23(21-10-7-8-11-22(21)24)26-25-19-12-14-20(15-13-19)31(27,28)29/h7-8,10-17H,2-6,9,18H2,1H3,(H,27,28,29). The van der Waals surface area contributed by atoms with Crippen molar-refractivity contribution in [3.05, 3.63) is 60.7 Å². The zero-order chi connectivity index (χ0) is 22.1. The lowest BCUT2D eigenvalue weighted by Crippen LogP contribution is -1.98. The maximum atomic E-state index is 11.1.